The van der Waals surface area contributed by atoms with Crippen LogP contribution in [0.5, 0.6) is 6.01 Å². The summed E-state index contributed by atoms with van der Waals surface area (Å²) in [6.07, 6.45) is -4.30. The molecule has 0 unspecified atom stereocenters. The van der Waals surface area contributed by atoms with Gasteiger partial charge in [0.2, 0.25) is 17.6 Å². The number of alkyl halides is 3. The van der Waals surface area contributed by atoms with E-state index in [1.165, 1.54) is 4.90 Å². The first-order chi connectivity index (χ1) is 14.6. The molecule has 0 amide bonds. The number of oxime groups is 1. The Morgan fingerprint density at radius 2 is 2.13 bits per heavy atom. The van der Waals surface area contributed by atoms with Gasteiger partial charge in [-0.3, -0.25) is 4.90 Å². The highest BCUT2D eigenvalue weighted by Crippen LogP contribution is 2.26. The third-order valence-corrected chi connectivity index (χ3v) is 5.33. The van der Waals surface area contributed by atoms with Gasteiger partial charge in [0.05, 0.1) is 19.8 Å². The summed E-state index contributed by atoms with van der Waals surface area (Å²) in [5.41, 5.74) is 3.17. The van der Waals surface area contributed by atoms with Crippen molar-refractivity contribution in [1.29, 1.82) is 0 Å². The summed E-state index contributed by atoms with van der Waals surface area (Å²) < 4.78 is 51.4. The minimum absolute atomic E-state index is 0.0387. The van der Waals surface area contributed by atoms with Crippen LogP contribution < -0.4 is 15.4 Å². The lowest BCUT2D eigenvalue weighted by Gasteiger charge is -2.30. The Morgan fingerprint density at radius 3 is 2.74 bits per heavy atom. The van der Waals surface area contributed by atoms with Crippen molar-refractivity contribution in [2.75, 3.05) is 44.8 Å². The lowest BCUT2D eigenvalue weighted by molar-refractivity contribution is -0.123. The molecule has 2 fully saturated rings. The van der Waals surface area contributed by atoms with Crippen molar-refractivity contribution in [2.45, 2.75) is 43.7 Å². The van der Waals surface area contributed by atoms with Crippen LogP contribution in [0.25, 0.3) is 0 Å². The number of amidine groups is 1. The quantitative estimate of drug-likeness (QED) is 0.227. The number of β-amino-alcohol motifs (C(OH)–C–C–N with tert-alkyl or cyclic N) is 1. The van der Waals surface area contributed by atoms with Gasteiger partial charge in [0.1, 0.15) is 12.3 Å². The Morgan fingerprint density at radius 1 is 1.39 bits per heavy atom. The summed E-state index contributed by atoms with van der Waals surface area (Å²) in [4.78, 5) is 15.3. The number of hydrogen-bond acceptors (Lipinski definition) is 10. The summed E-state index contributed by atoms with van der Waals surface area (Å²) in [5, 5.41) is 22.1. The molecule has 3 heterocycles. The minimum atomic E-state index is -3.07. The van der Waals surface area contributed by atoms with E-state index in [0.717, 1.165) is 0 Å². The number of aliphatic hydroxyl groups is 1. The van der Waals surface area contributed by atoms with Gasteiger partial charge >= 0.3 is 6.01 Å². The molecule has 0 radical (unpaired) electrons. The molecule has 0 bridgehead atoms. The Hall–Kier alpha value is -2.45. The van der Waals surface area contributed by atoms with Crippen molar-refractivity contribution in [3.8, 4) is 6.01 Å². The third kappa shape index (κ3) is 5.25. The van der Waals surface area contributed by atoms with Gasteiger partial charge in [0.15, 0.2) is 5.60 Å². The second kappa shape index (κ2) is 9.36. The number of hydrogen-bond donors (Lipinski definition) is 3. The molecule has 4 atom stereocenters. The lowest BCUT2D eigenvalue weighted by atomic mass is 10.1. The Labute approximate surface area is 176 Å². The topological polar surface area (TPSA) is 142 Å². The largest absolute Gasteiger partial charge is 0.459 e. The molecule has 1 aromatic heterocycles. The fourth-order valence-corrected chi connectivity index (χ4v) is 3.64. The van der Waals surface area contributed by atoms with E-state index in [2.05, 4.69) is 20.1 Å². The molecule has 0 aliphatic carbocycles. The predicted molar refractivity (Wildman–Crippen MR) is 102 cm³/mol. The molecule has 2 aliphatic rings. The normalized spacial score (nSPS) is 29.3. The van der Waals surface area contributed by atoms with Crippen molar-refractivity contribution in [3.63, 3.8) is 0 Å². The summed E-state index contributed by atoms with van der Waals surface area (Å²) in [5.74, 6) is -0.812. The zero-order valence-corrected chi connectivity index (χ0v) is 17.2. The second-order valence-electron chi connectivity index (χ2n) is 7.77. The van der Waals surface area contributed by atoms with E-state index in [9.17, 15) is 18.3 Å². The minimum Gasteiger partial charge on any atom is -0.459 e. The predicted octanol–water partition coefficient (Wildman–Crippen LogP) is -0.392. The zero-order valence-electron chi connectivity index (χ0n) is 17.2. The van der Waals surface area contributed by atoms with Crippen LogP contribution >= 0.6 is 0 Å². The van der Waals surface area contributed by atoms with Gasteiger partial charge in [-0.25, -0.2) is 13.2 Å². The van der Waals surface area contributed by atoms with Gasteiger partial charge in [-0.2, -0.15) is 15.0 Å². The van der Waals surface area contributed by atoms with E-state index in [0.29, 0.717) is 0 Å². The summed E-state index contributed by atoms with van der Waals surface area (Å²) >= 11 is 0. The van der Waals surface area contributed by atoms with Gasteiger partial charge in [-0.15, -0.1) is 0 Å². The fourth-order valence-electron chi connectivity index (χ4n) is 3.64. The number of ether oxygens (including phenoxy) is 2. The average Bonchev–Trinajstić information content (AvgIpc) is 2.93. The van der Waals surface area contributed by atoms with Crippen LogP contribution in [0, 0.1) is 0 Å². The Kier molecular flexibility index (Phi) is 7.01. The Balaban J connectivity index is 1.90. The van der Waals surface area contributed by atoms with Crippen molar-refractivity contribution in [3.05, 3.63) is 5.82 Å². The first-order valence-corrected chi connectivity index (χ1v) is 9.71. The van der Waals surface area contributed by atoms with E-state index in [4.69, 9.17) is 20.4 Å². The molecule has 0 aromatic carbocycles. The van der Waals surface area contributed by atoms with Gasteiger partial charge in [-0.1, -0.05) is 5.16 Å². The van der Waals surface area contributed by atoms with E-state index >= 15 is 0 Å². The highest BCUT2D eigenvalue weighted by Gasteiger charge is 2.42. The average molecular weight is 449 g/mol. The molecule has 2 saturated heterocycles. The van der Waals surface area contributed by atoms with E-state index in [1.807, 2.05) is 4.90 Å². The first-order valence-electron chi connectivity index (χ1n) is 9.71. The van der Waals surface area contributed by atoms with Crippen molar-refractivity contribution >= 4 is 11.8 Å². The first kappa shape index (κ1) is 23.2. The molecule has 2 aliphatic heterocycles. The SMILES string of the molecule is C[C@H](Oc1nc(/C(N)=N/O)nc(N2CCOC[C@](O)(C(F)F)C2)n1)[C@@H]1C[C@@H](F)CN1C. The molecule has 3 rings (SSSR count). The second-order valence-corrected chi connectivity index (χ2v) is 7.77. The summed E-state index contributed by atoms with van der Waals surface area (Å²) in [7, 11) is 1.77. The number of aromatic nitrogens is 3. The van der Waals surface area contributed by atoms with Crippen LogP contribution in [-0.4, -0.2) is 106 Å². The highest BCUT2D eigenvalue weighted by molar-refractivity contribution is 5.93. The number of nitrogens with two attached hydrogens (primary N) is 1. The fraction of sp³-hybridized carbons (Fsp3) is 0.765. The molecular weight excluding hydrogens is 423 g/mol. The number of halogens is 3. The molecule has 14 heteroatoms. The zero-order chi connectivity index (χ0) is 22.8. The molecule has 0 saturated carbocycles. The van der Waals surface area contributed by atoms with E-state index < -0.39 is 43.3 Å². The standard InChI is InChI=1S/C17H26F3N7O4/c1-9(11-5-10(18)6-26(11)2)31-16-23-13(12(21)25-29)22-15(24-16)27-3-4-30-8-17(28,7-27)14(19)20/h9-11,14,28-29H,3-8H2,1-2H3,(H2,21,25)/t9-,10+,11-,17-/m0/s1. The van der Waals surface area contributed by atoms with E-state index in [-0.39, 0.29) is 49.9 Å². The van der Waals surface area contributed by atoms with Gasteiger partial charge in [0, 0.05) is 19.1 Å². The maximum absolute atomic E-state index is 13.7. The molecule has 31 heavy (non-hydrogen) atoms. The van der Waals surface area contributed by atoms with Crippen molar-refractivity contribution in [1.82, 2.24) is 19.9 Å². The highest BCUT2D eigenvalue weighted by atomic mass is 19.3. The third-order valence-electron chi connectivity index (χ3n) is 5.33. The number of likely N-dealkylation sites (tertiary alicyclic amines) is 1. The molecule has 0 spiro atoms. The van der Waals surface area contributed by atoms with Gasteiger partial charge in [-0.05, 0) is 20.4 Å². The van der Waals surface area contributed by atoms with Gasteiger partial charge < -0.3 is 30.4 Å². The van der Waals surface area contributed by atoms with Crippen LogP contribution in [0.2, 0.25) is 0 Å². The lowest BCUT2D eigenvalue weighted by Crippen LogP contribution is -2.50. The molecule has 11 nitrogen and oxygen atoms in total. The smallest absolute Gasteiger partial charge is 0.322 e. The summed E-state index contributed by atoms with van der Waals surface area (Å²) in [6, 6.07) is -0.446. The van der Waals surface area contributed by atoms with Gasteiger partial charge in [0.25, 0.3) is 6.43 Å². The van der Waals surface area contributed by atoms with Crippen LogP contribution in [0.3, 0.4) is 0 Å². The van der Waals surface area contributed by atoms with Crippen LogP contribution in [0.1, 0.15) is 19.2 Å². The Bertz CT molecular complexity index is 805. The molecule has 4 N–H and O–H groups in total. The number of likely N-dealkylation sites (N-methyl/N-ethyl adjacent to an activating group) is 1. The number of nitrogens with zero attached hydrogens (tertiary/aromatic N) is 6. The summed E-state index contributed by atoms with van der Waals surface area (Å²) in [6.45, 7) is 1.05. The molecule has 174 valence electrons. The van der Waals surface area contributed by atoms with Crippen LogP contribution in [-0.2, 0) is 4.74 Å². The maximum atomic E-state index is 13.7. The number of anilines is 1. The van der Waals surface area contributed by atoms with Crippen LogP contribution in [0.4, 0.5) is 19.1 Å². The molecular formula is C17H26F3N7O4. The van der Waals surface area contributed by atoms with Crippen LogP contribution in [0.15, 0.2) is 5.16 Å². The van der Waals surface area contributed by atoms with Crippen molar-refractivity contribution in [2.24, 2.45) is 10.9 Å². The number of rotatable bonds is 6. The monoisotopic (exact) mass is 449 g/mol. The van der Waals surface area contributed by atoms with Crippen molar-refractivity contribution < 1.29 is 33.0 Å². The molecule has 1 aromatic rings. The van der Waals surface area contributed by atoms with E-state index in [1.54, 1.807) is 14.0 Å². The maximum Gasteiger partial charge on any atom is 0.322 e.